The standard InChI is InChI=1S/C17H19F3N2O7/c1-8(23)29-12(15(25)26)11-14(24)22(6-7-28-11)10-5-4-9(17(18,19)20)13(21-10)16(2,3)27/h4-5,11-12,27H,6-7H2,1-3H3,(H,25,26)/t11-,12?/m1/s1. The quantitative estimate of drug-likeness (QED) is 0.678. The average Bonchev–Trinajstić information content (AvgIpc) is 2.58. The maximum Gasteiger partial charge on any atom is 0.418 e. The van der Waals surface area contributed by atoms with Crippen LogP contribution in [0.3, 0.4) is 0 Å². The number of carboxylic acid groups (broad SMARTS) is 1. The van der Waals surface area contributed by atoms with E-state index in [9.17, 15) is 37.8 Å². The van der Waals surface area contributed by atoms with Crippen molar-refractivity contribution in [2.45, 2.75) is 44.8 Å². The number of pyridine rings is 1. The summed E-state index contributed by atoms with van der Waals surface area (Å²) in [5.41, 5.74) is -3.85. The highest BCUT2D eigenvalue weighted by Crippen LogP contribution is 2.37. The second-order valence-electron chi connectivity index (χ2n) is 6.77. The Labute approximate surface area is 163 Å². The van der Waals surface area contributed by atoms with Crippen LogP contribution in [0.1, 0.15) is 32.0 Å². The monoisotopic (exact) mass is 420 g/mol. The number of esters is 1. The first-order chi connectivity index (χ1) is 13.2. The molecule has 9 nitrogen and oxygen atoms in total. The van der Waals surface area contributed by atoms with Crippen molar-refractivity contribution in [3.8, 4) is 0 Å². The van der Waals surface area contributed by atoms with Gasteiger partial charge in [-0.25, -0.2) is 9.78 Å². The van der Waals surface area contributed by atoms with Crippen LogP contribution in [0.15, 0.2) is 12.1 Å². The number of carbonyl (C=O) groups excluding carboxylic acids is 2. The zero-order valence-electron chi connectivity index (χ0n) is 15.7. The summed E-state index contributed by atoms with van der Waals surface area (Å²) >= 11 is 0. The summed E-state index contributed by atoms with van der Waals surface area (Å²) in [6.07, 6.45) is -8.44. The number of hydrogen-bond donors (Lipinski definition) is 2. The predicted molar refractivity (Wildman–Crippen MR) is 89.8 cm³/mol. The molecule has 1 aromatic rings. The third-order valence-electron chi connectivity index (χ3n) is 3.98. The Balaban J connectivity index is 2.45. The molecule has 0 aromatic carbocycles. The lowest BCUT2D eigenvalue weighted by atomic mass is 9.98. The fraction of sp³-hybridized carbons (Fsp3) is 0.529. The van der Waals surface area contributed by atoms with Gasteiger partial charge in [-0.15, -0.1) is 0 Å². The van der Waals surface area contributed by atoms with E-state index in [-0.39, 0.29) is 19.0 Å². The second-order valence-corrected chi connectivity index (χ2v) is 6.77. The van der Waals surface area contributed by atoms with E-state index in [1.54, 1.807) is 0 Å². The minimum Gasteiger partial charge on any atom is -0.478 e. The molecule has 1 fully saturated rings. The molecule has 1 amide bonds. The first kappa shape index (κ1) is 22.6. The van der Waals surface area contributed by atoms with Crippen LogP contribution < -0.4 is 4.90 Å². The molecule has 12 heteroatoms. The van der Waals surface area contributed by atoms with E-state index in [4.69, 9.17) is 4.74 Å². The van der Waals surface area contributed by atoms with Crippen molar-refractivity contribution in [3.05, 3.63) is 23.4 Å². The van der Waals surface area contributed by atoms with Gasteiger partial charge in [0.1, 0.15) is 11.4 Å². The normalized spacial score (nSPS) is 19.1. The van der Waals surface area contributed by atoms with Crippen molar-refractivity contribution in [2.75, 3.05) is 18.1 Å². The molecule has 0 spiro atoms. The largest absolute Gasteiger partial charge is 0.478 e. The summed E-state index contributed by atoms with van der Waals surface area (Å²) in [7, 11) is 0. The van der Waals surface area contributed by atoms with Gasteiger partial charge in [-0.1, -0.05) is 0 Å². The molecule has 2 N–H and O–H groups in total. The number of aliphatic carboxylic acids is 1. The minimum absolute atomic E-state index is 0.134. The molecular formula is C17H19F3N2O7. The molecule has 2 rings (SSSR count). The van der Waals surface area contributed by atoms with E-state index in [0.717, 1.165) is 31.7 Å². The van der Waals surface area contributed by atoms with Gasteiger partial charge in [-0.05, 0) is 26.0 Å². The number of alkyl halides is 3. The van der Waals surface area contributed by atoms with E-state index >= 15 is 0 Å². The lowest BCUT2D eigenvalue weighted by molar-refractivity contribution is -0.177. The fourth-order valence-electron chi connectivity index (χ4n) is 2.77. The highest BCUT2D eigenvalue weighted by molar-refractivity contribution is 6.00. The number of morpholine rings is 1. The number of carbonyl (C=O) groups is 3. The first-order valence-corrected chi connectivity index (χ1v) is 8.37. The number of hydrogen-bond acceptors (Lipinski definition) is 7. The summed E-state index contributed by atoms with van der Waals surface area (Å²) in [5.74, 6) is -3.78. The summed E-state index contributed by atoms with van der Waals surface area (Å²) in [6, 6.07) is 1.61. The number of nitrogens with zero attached hydrogens (tertiary/aromatic N) is 2. The highest BCUT2D eigenvalue weighted by Gasteiger charge is 2.44. The topological polar surface area (TPSA) is 126 Å². The van der Waals surface area contributed by atoms with Crippen LogP contribution in [-0.4, -0.2) is 58.4 Å². The van der Waals surface area contributed by atoms with Gasteiger partial charge in [-0.2, -0.15) is 13.2 Å². The molecule has 0 radical (unpaired) electrons. The van der Waals surface area contributed by atoms with E-state index in [2.05, 4.69) is 9.72 Å². The molecule has 160 valence electrons. The molecule has 1 saturated heterocycles. The van der Waals surface area contributed by atoms with Gasteiger partial charge >= 0.3 is 18.1 Å². The average molecular weight is 420 g/mol. The van der Waals surface area contributed by atoms with Crippen LogP contribution in [0.2, 0.25) is 0 Å². The van der Waals surface area contributed by atoms with Crippen LogP contribution in [0.25, 0.3) is 0 Å². The Hall–Kier alpha value is -2.73. The zero-order valence-corrected chi connectivity index (χ0v) is 15.7. The molecule has 0 aliphatic carbocycles. The Morgan fingerprint density at radius 1 is 1.34 bits per heavy atom. The Bertz CT molecular complexity index is 820. The minimum atomic E-state index is -4.79. The molecule has 1 aromatic heterocycles. The predicted octanol–water partition coefficient (Wildman–Crippen LogP) is 1.08. The van der Waals surface area contributed by atoms with Crippen molar-refractivity contribution in [1.29, 1.82) is 0 Å². The maximum absolute atomic E-state index is 13.2. The Kier molecular flexibility index (Phi) is 6.18. The zero-order chi connectivity index (χ0) is 22.1. The molecule has 2 heterocycles. The number of halogens is 3. The number of amides is 1. The van der Waals surface area contributed by atoms with Crippen LogP contribution in [0.4, 0.5) is 19.0 Å². The summed E-state index contributed by atoms with van der Waals surface area (Å²) < 4.78 is 49.5. The van der Waals surface area contributed by atoms with Gasteiger partial charge in [-0.3, -0.25) is 14.5 Å². The van der Waals surface area contributed by atoms with E-state index < -0.39 is 53.1 Å². The van der Waals surface area contributed by atoms with Crippen molar-refractivity contribution in [3.63, 3.8) is 0 Å². The van der Waals surface area contributed by atoms with E-state index in [1.165, 1.54) is 0 Å². The molecule has 0 saturated carbocycles. The smallest absolute Gasteiger partial charge is 0.418 e. The van der Waals surface area contributed by atoms with Gasteiger partial charge in [0, 0.05) is 6.92 Å². The Morgan fingerprint density at radius 2 is 1.97 bits per heavy atom. The van der Waals surface area contributed by atoms with Crippen molar-refractivity contribution >= 4 is 23.7 Å². The SMILES string of the molecule is CC(=O)OC(C(=O)O)[C@H]1OCCN(c2ccc(C(F)(F)F)c(C(C)(C)O)n2)C1=O. The molecule has 29 heavy (non-hydrogen) atoms. The van der Waals surface area contributed by atoms with E-state index in [1.807, 2.05) is 0 Å². The number of aliphatic hydroxyl groups is 1. The van der Waals surface area contributed by atoms with Crippen molar-refractivity contribution in [1.82, 2.24) is 4.98 Å². The van der Waals surface area contributed by atoms with Crippen molar-refractivity contribution in [2.24, 2.45) is 0 Å². The number of anilines is 1. The second kappa shape index (κ2) is 7.95. The molecule has 2 atom stereocenters. The number of ether oxygens (including phenoxy) is 2. The number of aromatic nitrogens is 1. The van der Waals surface area contributed by atoms with Crippen LogP contribution in [-0.2, 0) is 35.6 Å². The lowest BCUT2D eigenvalue weighted by Gasteiger charge is -2.34. The third kappa shape index (κ3) is 5.01. The maximum atomic E-state index is 13.2. The van der Waals surface area contributed by atoms with Crippen LogP contribution in [0.5, 0.6) is 0 Å². The van der Waals surface area contributed by atoms with Gasteiger partial charge in [0.25, 0.3) is 5.91 Å². The van der Waals surface area contributed by atoms with Crippen LogP contribution >= 0.6 is 0 Å². The molecule has 1 aliphatic heterocycles. The fourth-order valence-corrected chi connectivity index (χ4v) is 2.77. The van der Waals surface area contributed by atoms with Gasteiger partial charge in [0.05, 0.1) is 24.4 Å². The highest BCUT2D eigenvalue weighted by atomic mass is 19.4. The van der Waals surface area contributed by atoms with Gasteiger partial charge in [0.15, 0.2) is 6.10 Å². The molecule has 1 unspecified atom stereocenters. The van der Waals surface area contributed by atoms with E-state index in [0.29, 0.717) is 6.07 Å². The molecular weight excluding hydrogens is 401 g/mol. The first-order valence-electron chi connectivity index (χ1n) is 8.37. The third-order valence-corrected chi connectivity index (χ3v) is 3.98. The van der Waals surface area contributed by atoms with Gasteiger partial charge in [0.2, 0.25) is 6.10 Å². The molecule has 0 bridgehead atoms. The summed E-state index contributed by atoms with van der Waals surface area (Å²) in [4.78, 5) is 39.9. The molecule has 1 aliphatic rings. The van der Waals surface area contributed by atoms with Crippen LogP contribution in [0, 0.1) is 0 Å². The summed E-state index contributed by atoms with van der Waals surface area (Å²) in [5, 5.41) is 19.3. The Morgan fingerprint density at radius 3 is 2.45 bits per heavy atom. The lowest BCUT2D eigenvalue weighted by Crippen LogP contribution is -2.56. The van der Waals surface area contributed by atoms with Gasteiger partial charge < -0.3 is 19.7 Å². The number of rotatable bonds is 5. The summed E-state index contributed by atoms with van der Waals surface area (Å²) in [6.45, 7) is 2.86. The number of carboxylic acids is 1. The van der Waals surface area contributed by atoms with Crippen molar-refractivity contribution < 1.29 is 47.2 Å².